The van der Waals surface area contributed by atoms with Gasteiger partial charge in [0.2, 0.25) is 5.91 Å². The fraction of sp³-hybridized carbons (Fsp3) is 0.895. The molecule has 1 amide bonds. The normalized spacial score (nSPS) is 23.2. The average molecular weight is 462 g/mol. The van der Waals surface area contributed by atoms with Crippen LogP contribution in [0.2, 0.25) is 0 Å². The van der Waals surface area contributed by atoms with Crippen molar-refractivity contribution in [3.8, 4) is 0 Å². The Bertz CT molecular complexity index is 462. The summed E-state index contributed by atoms with van der Waals surface area (Å²) >= 11 is 0. The van der Waals surface area contributed by atoms with Crippen molar-refractivity contribution in [2.75, 3.05) is 39.3 Å². The Kier molecular flexibility index (Phi) is 8.29. The Morgan fingerprint density at radius 1 is 1.16 bits per heavy atom. The van der Waals surface area contributed by atoms with Crippen molar-refractivity contribution in [1.82, 2.24) is 15.1 Å². The van der Waals surface area contributed by atoms with Gasteiger partial charge < -0.3 is 15.1 Å². The first-order valence-electron chi connectivity index (χ1n) is 10.0. The molecule has 0 unspecified atom stereocenters. The van der Waals surface area contributed by atoms with Gasteiger partial charge in [0.15, 0.2) is 5.96 Å². The van der Waals surface area contributed by atoms with Gasteiger partial charge in [0.1, 0.15) is 0 Å². The Morgan fingerprint density at radius 2 is 1.96 bits per heavy atom. The van der Waals surface area contributed by atoms with Crippen LogP contribution in [-0.4, -0.2) is 60.9 Å². The van der Waals surface area contributed by atoms with Crippen molar-refractivity contribution < 1.29 is 4.79 Å². The van der Waals surface area contributed by atoms with Crippen molar-refractivity contribution in [2.24, 2.45) is 10.4 Å². The summed E-state index contributed by atoms with van der Waals surface area (Å²) in [6.07, 6.45) is 11.1. The molecule has 3 aliphatic rings. The maximum absolute atomic E-state index is 11.7. The van der Waals surface area contributed by atoms with Crippen LogP contribution in [0.3, 0.4) is 0 Å². The molecule has 0 atom stereocenters. The Balaban J connectivity index is 0.00000225. The third kappa shape index (κ3) is 5.47. The lowest BCUT2D eigenvalue weighted by molar-refractivity contribution is -0.127. The van der Waals surface area contributed by atoms with Crippen LogP contribution in [0.1, 0.15) is 64.7 Å². The summed E-state index contributed by atoms with van der Waals surface area (Å²) in [5.41, 5.74) is 0.566. The van der Waals surface area contributed by atoms with Crippen LogP contribution >= 0.6 is 24.0 Å². The van der Waals surface area contributed by atoms with E-state index in [0.717, 1.165) is 57.9 Å². The van der Waals surface area contributed by atoms with Crippen LogP contribution < -0.4 is 5.32 Å². The van der Waals surface area contributed by atoms with Gasteiger partial charge in [-0.05, 0) is 44.4 Å². The number of hydrogen-bond donors (Lipinski definition) is 1. The van der Waals surface area contributed by atoms with Crippen molar-refractivity contribution >= 4 is 35.8 Å². The average Bonchev–Trinajstić information content (AvgIpc) is 3.18. The van der Waals surface area contributed by atoms with E-state index in [2.05, 4.69) is 17.1 Å². The maximum Gasteiger partial charge on any atom is 0.222 e. The zero-order valence-electron chi connectivity index (χ0n) is 15.8. The third-order valence-electron chi connectivity index (χ3n) is 6.01. The van der Waals surface area contributed by atoms with Gasteiger partial charge in [-0.2, -0.15) is 0 Å². The summed E-state index contributed by atoms with van der Waals surface area (Å²) in [7, 11) is 0. The first-order chi connectivity index (χ1) is 11.7. The molecule has 3 fully saturated rings. The monoisotopic (exact) mass is 462 g/mol. The lowest BCUT2D eigenvalue weighted by atomic mass is 9.73. The van der Waals surface area contributed by atoms with Crippen LogP contribution in [0.4, 0.5) is 0 Å². The highest BCUT2D eigenvalue weighted by Gasteiger charge is 2.39. The molecule has 2 heterocycles. The van der Waals surface area contributed by atoms with E-state index < -0.39 is 0 Å². The lowest BCUT2D eigenvalue weighted by Crippen LogP contribution is -2.41. The van der Waals surface area contributed by atoms with E-state index in [0.29, 0.717) is 11.3 Å². The number of nitrogens with zero attached hydrogens (tertiary/aromatic N) is 3. The lowest BCUT2D eigenvalue weighted by Gasteiger charge is -2.33. The minimum Gasteiger partial charge on any atom is -0.357 e. The second-order valence-electron chi connectivity index (χ2n) is 7.81. The van der Waals surface area contributed by atoms with Gasteiger partial charge in [-0.1, -0.05) is 19.3 Å². The van der Waals surface area contributed by atoms with E-state index in [4.69, 9.17) is 4.99 Å². The number of rotatable bonds is 5. The number of guanidine groups is 1. The van der Waals surface area contributed by atoms with E-state index in [1.807, 2.05) is 4.90 Å². The number of carbonyl (C=O) groups is 1. The number of carbonyl (C=O) groups excluding carboxylic acids is 1. The molecule has 3 rings (SSSR count). The molecule has 25 heavy (non-hydrogen) atoms. The quantitative estimate of drug-likeness (QED) is 0.296. The van der Waals surface area contributed by atoms with E-state index in [1.54, 1.807) is 0 Å². The fourth-order valence-electron chi connectivity index (χ4n) is 4.64. The number of likely N-dealkylation sites (tertiary alicyclic amines) is 2. The zero-order chi connectivity index (χ0) is 16.8. The smallest absolute Gasteiger partial charge is 0.222 e. The zero-order valence-corrected chi connectivity index (χ0v) is 18.1. The highest BCUT2D eigenvalue weighted by atomic mass is 127. The van der Waals surface area contributed by atoms with E-state index in [9.17, 15) is 4.79 Å². The number of amides is 1. The van der Waals surface area contributed by atoms with Gasteiger partial charge in [0.25, 0.3) is 0 Å². The highest BCUT2D eigenvalue weighted by Crippen LogP contribution is 2.43. The third-order valence-corrected chi connectivity index (χ3v) is 6.01. The number of nitrogens with one attached hydrogen (secondary N) is 1. The van der Waals surface area contributed by atoms with Gasteiger partial charge in [0, 0.05) is 45.7 Å². The first-order valence-corrected chi connectivity index (χ1v) is 10.0. The summed E-state index contributed by atoms with van der Waals surface area (Å²) in [6, 6.07) is 0. The van der Waals surface area contributed by atoms with Crippen molar-refractivity contribution in [3.63, 3.8) is 0 Å². The fourth-order valence-corrected chi connectivity index (χ4v) is 4.64. The number of hydrogen-bond acceptors (Lipinski definition) is 2. The number of halogens is 1. The molecule has 1 saturated carbocycles. The molecule has 0 radical (unpaired) electrons. The second kappa shape index (κ2) is 9.97. The summed E-state index contributed by atoms with van der Waals surface area (Å²) in [6.45, 7) is 8.02. The topological polar surface area (TPSA) is 47.9 Å². The molecular formula is C19H35IN4O. The standard InChI is InChI=1S/C19H34N4O.HI/c1-2-20-18(21-12-7-14-22-13-6-8-17(22)24)23-15-11-19(16-23)9-4-3-5-10-19;/h2-16H2,1H3,(H,20,21);1H. The molecule has 2 aliphatic heterocycles. The molecule has 1 aliphatic carbocycles. The minimum absolute atomic E-state index is 0. The van der Waals surface area contributed by atoms with E-state index >= 15 is 0 Å². The van der Waals surface area contributed by atoms with Crippen molar-refractivity contribution in [3.05, 3.63) is 0 Å². The van der Waals surface area contributed by atoms with Crippen LogP contribution in [0.5, 0.6) is 0 Å². The second-order valence-corrected chi connectivity index (χ2v) is 7.81. The Labute approximate surface area is 170 Å². The molecule has 5 nitrogen and oxygen atoms in total. The molecule has 1 N–H and O–H groups in total. The largest absolute Gasteiger partial charge is 0.357 e. The summed E-state index contributed by atoms with van der Waals surface area (Å²) in [4.78, 5) is 21.0. The van der Waals surface area contributed by atoms with Gasteiger partial charge >= 0.3 is 0 Å². The van der Waals surface area contributed by atoms with Crippen LogP contribution in [0.25, 0.3) is 0 Å². The molecule has 144 valence electrons. The maximum atomic E-state index is 11.7. The molecule has 1 spiro atoms. The van der Waals surface area contributed by atoms with Gasteiger partial charge in [0.05, 0.1) is 0 Å². The Morgan fingerprint density at radius 3 is 2.64 bits per heavy atom. The van der Waals surface area contributed by atoms with E-state index in [-0.39, 0.29) is 24.0 Å². The van der Waals surface area contributed by atoms with Crippen LogP contribution in [0, 0.1) is 5.41 Å². The molecule has 6 heteroatoms. The number of aliphatic imine (C=N–C) groups is 1. The predicted molar refractivity (Wildman–Crippen MR) is 114 cm³/mol. The minimum atomic E-state index is 0. The molecule has 0 bridgehead atoms. The van der Waals surface area contributed by atoms with Crippen LogP contribution in [-0.2, 0) is 4.79 Å². The van der Waals surface area contributed by atoms with E-state index in [1.165, 1.54) is 45.1 Å². The van der Waals surface area contributed by atoms with Gasteiger partial charge in [-0.25, -0.2) is 0 Å². The van der Waals surface area contributed by atoms with Gasteiger partial charge in [-0.3, -0.25) is 9.79 Å². The highest BCUT2D eigenvalue weighted by molar-refractivity contribution is 14.0. The summed E-state index contributed by atoms with van der Waals surface area (Å²) < 4.78 is 0. The molecule has 2 saturated heterocycles. The van der Waals surface area contributed by atoms with Crippen molar-refractivity contribution in [1.29, 1.82) is 0 Å². The molecule has 0 aromatic carbocycles. The Hall–Kier alpha value is -0.530. The van der Waals surface area contributed by atoms with Crippen molar-refractivity contribution in [2.45, 2.75) is 64.7 Å². The predicted octanol–water partition coefficient (Wildman–Crippen LogP) is 3.24. The SMILES string of the molecule is CCNC(=NCCCN1CCCC1=O)N1CCC2(CCCCC2)C1.I. The first kappa shape index (κ1) is 20.8. The molecular weight excluding hydrogens is 427 g/mol. The summed E-state index contributed by atoms with van der Waals surface area (Å²) in [5, 5.41) is 3.48. The summed E-state index contributed by atoms with van der Waals surface area (Å²) in [5.74, 6) is 1.41. The van der Waals surface area contributed by atoms with Crippen LogP contribution in [0.15, 0.2) is 4.99 Å². The van der Waals surface area contributed by atoms with Gasteiger partial charge in [-0.15, -0.1) is 24.0 Å². The molecule has 0 aromatic rings. The molecule has 0 aromatic heterocycles.